The first-order valence-corrected chi connectivity index (χ1v) is 3.87. The predicted octanol–water partition coefficient (Wildman–Crippen LogP) is 0.814. The number of likely N-dealkylation sites (N-methyl/N-ethyl adjacent to an activating group) is 1. The number of nitrogens with zero attached hydrogens (tertiary/aromatic N) is 1. The second-order valence-corrected chi connectivity index (χ2v) is 3.77. The molecule has 0 saturated carbocycles. The first-order valence-electron chi connectivity index (χ1n) is 3.87. The lowest BCUT2D eigenvalue weighted by molar-refractivity contribution is -0.892. The molecular weight excluding hydrogens is 126 g/mol. The summed E-state index contributed by atoms with van der Waals surface area (Å²) in [6.45, 7) is 2.86. The third-order valence-corrected chi connectivity index (χ3v) is 2.52. The van der Waals surface area contributed by atoms with Gasteiger partial charge in [0.15, 0.2) is 5.78 Å². The van der Waals surface area contributed by atoms with Crippen LogP contribution in [-0.4, -0.2) is 36.9 Å². The van der Waals surface area contributed by atoms with Crippen molar-refractivity contribution < 1.29 is 9.28 Å². The van der Waals surface area contributed by atoms with Crippen molar-refractivity contribution in [2.24, 2.45) is 0 Å². The topological polar surface area (TPSA) is 17.1 Å². The van der Waals surface area contributed by atoms with Crippen molar-refractivity contribution in [3.8, 4) is 0 Å². The van der Waals surface area contributed by atoms with Gasteiger partial charge >= 0.3 is 0 Å². The number of Topliss-reactive ketones (excluding diaryl/α,β-unsaturated/α-hetero) is 1. The minimum atomic E-state index is 0.278. The molecule has 58 valence electrons. The molecule has 1 fully saturated rings. The van der Waals surface area contributed by atoms with Crippen LogP contribution < -0.4 is 0 Å². The molecule has 1 heterocycles. The summed E-state index contributed by atoms with van der Waals surface area (Å²) in [6, 6.07) is 0.278. The molecule has 1 aliphatic heterocycles. The van der Waals surface area contributed by atoms with Gasteiger partial charge in [0.05, 0.1) is 20.6 Å². The maximum atomic E-state index is 11.0. The fraction of sp³-hybridized carbons (Fsp3) is 0.875. The number of hydrogen-bond donors (Lipinski definition) is 0. The van der Waals surface area contributed by atoms with Gasteiger partial charge in [0.2, 0.25) is 0 Å². The van der Waals surface area contributed by atoms with Gasteiger partial charge in [-0.05, 0) is 0 Å². The highest BCUT2D eigenvalue weighted by Gasteiger charge is 2.36. The number of quaternary nitrogens is 1. The van der Waals surface area contributed by atoms with Gasteiger partial charge in [0.25, 0.3) is 0 Å². The predicted molar refractivity (Wildman–Crippen MR) is 40.7 cm³/mol. The van der Waals surface area contributed by atoms with Gasteiger partial charge in [-0.25, -0.2) is 0 Å². The SMILES string of the molecule is CC(=O)[C@H]1CCC[N+]1(C)C. The zero-order valence-electron chi connectivity index (χ0n) is 7.05. The average Bonchev–Trinajstić information content (AvgIpc) is 2.08. The fourth-order valence-corrected chi connectivity index (χ4v) is 1.89. The van der Waals surface area contributed by atoms with Crippen molar-refractivity contribution in [1.29, 1.82) is 0 Å². The Balaban J connectivity index is 2.68. The van der Waals surface area contributed by atoms with E-state index in [1.807, 2.05) is 0 Å². The van der Waals surface area contributed by atoms with E-state index in [0.717, 1.165) is 17.4 Å². The maximum absolute atomic E-state index is 11.0. The molecule has 2 heteroatoms. The smallest absolute Gasteiger partial charge is 0.186 e. The maximum Gasteiger partial charge on any atom is 0.186 e. The van der Waals surface area contributed by atoms with Crippen LogP contribution in [-0.2, 0) is 4.79 Å². The molecule has 1 aliphatic rings. The molecular formula is C8H16NO+. The lowest BCUT2D eigenvalue weighted by Crippen LogP contribution is -2.47. The number of carbonyl (C=O) groups is 1. The number of ketones is 1. The van der Waals surface area contributed by atoms with Gasteiger partial charge in [0.1, 0.15) is 6.04 Å². The van der Waals surface area contributed by atoms with Gasteiger partial charge in [-0.15, -0.1) is 0 Å². The molecule has 1 atom stereocenters. The number of rotatable bonds is 1. The largest absolute Gasteiger partial charge is 0.320 e. The molecule has 10 heavy (non-hydrogen) atoms. The van der Waals surface area contributed by atoms with Crippen LogP contribution in [0.3, 0.4) is 0 Å². The number of carbonyl (C=O) groups excluding carboxylic acids is 1. The number of hydrogen-bond acceptors (Lipinski definition) is 1. The second kappa shape index (κ2) is 2.35. The van der Waals surface area contributed by atoms with Gasteiger partial charge < -0.3 is 4.48 Å². The van der Waals surface area contributed by atoms with Crippen LogP contribution in [0.25, 0.3) is 0 Å². The summed E-state index contributed by atoms with van der Waals surface area (Å²) >= 11 is 0. The first kappa shape index (κ1) is 7.73. The lowest BCUT2D eigenvalue weighted by atomic mass is 10.1. The van der Waals surface area contributed by atoms with E-state index < -0.39 is 0 Å². The molecule has 0 amide bonds. The van der Waals surface area contributed by atoms with Crippen LogP contribution in [0.1, 0.15) is 19.8 Å². The molecule has 0 unspecified atom stereocenters. The van der Waals surface area contributed by atoms with Gasteiger partial charge in [-0.3, -0.25) is 4.79 Å². The Morgan fingerprint density at radius 3 is 2.30 bits per heavy atom. The van der Waals surface area contributed by atoms with Crippen molar-refractivity contribution >= 4 is 5.78 Å². The summed E-state index contributed by atoms with van der Waals surface area (Å²) in [6.07, 6.45) is 2.29. The Kier molecular flexibility index (Phi) is 1.82. The Bertz CT molecular complexity index is 151. The number of likely N-dealkylation sites (tertiary alicyclic amines) is 1. The van der Waals surface area contributed by atoms with E-state index in [2.05, 4.69) is 14.1 Å². The van der Waals surface area contributed by atoms with Crippen molar-refractivity contribution in [3.63, 3.8) is 0 Å². The summed E-state index contributed by atoms with van der Waals surface area (Å²) in [5.41, 5.74) is 0. The monoisotopic (exact) mass is 142 g/mol. The van der Waals surface area contributed by atoms with E-state index in [-0.39, 0.29) is 6.04 Å². The highest BCUT2D eigenvalue weighted by molar-refractivity contribution is 5.80. The molecule has 0 bridgehead atoms. The molecule has 0 spiro atoms. The average molecular weight is 142 g/mol. The molecule has 0 N–H and O–H groups in total. The Labute approximate surface area is 62.4 Å². The Hall–Kier alpha value is -0.370. The Morgan fingerprint density at radius 2 is 2.10 bits per heavy atom. The van der Waals surface area contributed by atoms with Crippen LogP contribution in [0.5, 0.6) is 0 Å². The molecule has 0 aromatic rings. The van der Waals surface area contributed by atoms with Crippen LogP contribution in [0.2, 0.25) is 0 Å². The molecule has 0 aromatic carbocycles. The van der Waals surface area contributed by atoms with Crippen LogP contribution >= 0.6 is 0 Å². The first-order chi connectivity index (χ1) is 4.54. The summed E-state index contributed by atoms with van der Waals surface area (Å²) in [5.74, 6) is 0.350. The third-order valence-electron chi connectivity index (χ3n) is 2.52. The minimum Gasteiger partial charge on any atom is -0.320 e. The fourth-order valence-electron chi connectivity index (χ4n) is 1.89. The lowest BCUT2D eigenvalue weighted by Gasteiger charge is -2.29. The molecule has 1 saturated heterocycles. The zero-order chi connectivity index (χ0) is 7.78. The molecule has 2 nitrogen and oxygen atoms in total. The quantitative estimate of drug-likeness (QED) is 0.495. The van der Waals surface area contributed by atoms with E-state index in [1.165, 1.54) is 6.42 Å². The van der Waals surface area contributed by atoms with Crippen LogP contribution in [0.4, 0.5) is 0 Å². The second-order valence-electron chi connectivity index (χ2n) is 3.77. The van der Waals surface area contributed by atoms with E-state index in [9.17, 15) is 4.79 Å². The highest BCUT2D eigenvalue weighted by atomic mass is 16.1. The van der Waals surface area contributed by atoms with E-state index in [4.69, 9.17) is 0 Å². The van der Waals surface area contributed by atoms with E-state index in [0.29, 0.717) is 5.78 Å². The summed E-state index contributed by atoms with van der Waals surface area (Å²) in [5, 5.41) is 0. The summed E-state index contributed by atoms with van der Waals surface area (Å²) < 4.78 is 0.898. The van der Waals surface area contributed by atoms with Crippen molar-refractivity contribution in [3.05, 3.63) is 0 Å². The molecule has 0 aliphatic carbocycles. The minimum absolute atomic E-state index is 0.278. The standard InChI is InChI=1S/C8H16NO/c1-7(10)8-5-4-6-9(8,2)3/h8H,4-6H2,1-3H3/q+1/t8-/m1/s1. The van der Waals surface area contributed by atoms with Crippen molar-refractivity contribution in [1.82, 2.24) is 0 Å². The normalized spacial score (nSPS) is 30.5. The Morgan fingerprint density at radius 1 is 1.50 bits per heavy atom. The molecule has 0 aromatic heterocycles. The summed E-state index contributed by atoms with van der Waals surface area (Å²) in [7, 11) is 4.28. The van der Waals surface area contributed by atoms with Crippen LogP contribution in [0, 0.1) is 0 Å². The summed E-state index contributed by atoms with van der Waals surface area (Å²) in [4.78, 5) is 11.0. The van der Waals surface area contributed by atoms with Gasteiger partial charge in [-0.2, -0.15) is 0 Å². The molecule has 0 radical (unpaired) electrons. The third kappa shape index (κ3) is 1.21. The van der Waals surface area contributed by atoms with E-state index >= 15 is 0 Å². The zero-order valence-corrected chi connectivity index (χ0v) is 7.05. The van der Waals surface area contributed by atoms with Crippen molar-refractivity contribution in [2.75, 3.05) is 20.6 Å². The van der Waals surface area contributed by atoms with Gasteiger partial charge in [0, 0.05) is 19.8 Å². The van der Waals surface area contributed by atoms with E-state index in [1.54, 1.807) is 6.92 Å². The highest BCUT2D eigenvalue weighted by Crippen LogP contribution is 2.22. The molecule has 1 rings (SSSR count). The van der Waals surface area contributed by atoms with Gasteiger partial charge in [-0.1, -0.05) is 0 Å². The van der Waals surface area contributed by atoms with Crippen LogP contribution in [0.15, 0.2) is 0 Å². The van der Waals surface area contributed by atoms with Crippen molar-refractivity contribution in [2.45, 2.75) is 25.8 Å².